The zero-order chi connectivity index (χ0) is 12.0. The fourth-order valence-electron chi connectivity index (χ4n) is 1.15. The number of benzene rings is 1. The minimum Gasteiger partial charge on any atom is -0.362 e. The molecule has 0 bridgehead atoms. The summed E-state index contributed by atoms with van der Waals surface area (Å²) >= 11 is 8.49. The Labute approximate surface area is 109 Å². The van der Waals surface area contributed by atoms with E-state index in [0.29, 0.717) is 5.11 Å². The maximum Gasteiger partial charge on any atom is 0.186 e. The van der Waals surface area contributed by atoms with Crippen LogP contribution < -0.4 is 10.7 Å². The standard InChI is InChI=1S/C11H14BrN3S/c1-3-13-11(16)15-14-8(2)9-6-4-5-7-10(9)12/h4-7H,3H2,1-2H3,(H2,13,15,16)/b14-8+. The summed E-state index contributed by atoms with van der Waals surface area (Å²) < 4.78 is 1.02. The Kier molecular flexibility index (Phi) is 5.42. The average Bonchev–Trinajstić information content (AvgIpc) is 2.27. The first-order valence-corrected chi connectivity index (χ1v) is 6.18. The van der Waals surface area contributed by atoms with Gasteiger partial charge >= 0.3 is 0 Å². The smallest absolute Gasteiger partial charge is 0.186 e. The Bertz CT molecular complexity index is 404. The van der Waals surface area contributed by atoms with Gasteiger partial charge in [0.25, 0.3) is 0 Å². The molecule has 1 aromatic carbocycles. The molecule has 5 heteroatoms. The largest absolute Gasteiger partial charge is 0.362 e. The van der Waals surface area contributed by atoms with E-state index in [2.05, 4.69) is 31.8 Å². The van der Waals surface area contributed by atoms with Gasteiger partial charge in [-0.3, -0.25) is 5.43 Å². The van der Waals surface area contributed by atoms with Crippen molar-refractivity contribution in [2.24, 2.45) is 5.10 Å². The van der Waals surface area contributed by atoms with E-state index < -0.39 is 0 Å². The van der Waals surface area contributed by atoms with Gasteiger partial charge in [-0.15, -0.1) is 0 Å². The van der Waals surface area contributed by atoms with Crippen LogP contribution in [0.1, 0.15) is 19.4 Å². The van der Waals surface area contributed by atoms with Crippen LogP contribution in [0.2, 0.25) is 0 Å². The van der Waals surface area contributed by atoms with Gasteiger partial charge in [0.1, 0.15) is 0 Å². The molecule has 0 amide bonds. The van der Waals surface area contributed by atoms with Crippen LogP contribution in [0.5, 0.6) is 0 Å². The summed E-state index contributed by atoms with van der Waals surface area (Å²) in [6.45, 7) is 4.70. The zero-order valence-corrected chi connectivity index (χ0v) is 11.7. The number of hydrogen-bond acceptors (Lipinski definition) is 2. The lowest BCUT2D eigenvalue weighted by Crippen LogP contribution is -2.32. The fraction of sp³-hybridized carbons (Fsp3) is 0.273. The molecule has 0 saturated carbocycles. The molecule has 0 aromatic heterocycles. The first-order chi connectivity index (χ1) is 7.65. The molecule has 86 valence electrons. The first-order valence-electron chi connectivity index (χ1n) is 4.98. The summed E-state index contributed by atoms with van der Waals surface area (Å²) in [5, 5.41) is 7.71. The van der Waals surface area contributed by atoms with Gasteiger partial charge in [-0.2, -0.15) is 5.10 Å². The highest BCUT2D eigenvalue weighted by Gasteiger charge is 2.01. The van der Waals surface area contributed by atoms with Crippen molar-refractivity contribution in [1.29, 1.82) is 0 Å². The normalized spacial score (nSPS) is 11.1. The maximum absolute atomic E-state index is 5.01. The van der Waals surface area contributed by atoms with Crippen molar-refractivity contribution in [2.75, 3.05) is 6.54 Å². The first kappa shape index (κ1) is 13.1. The second-order valence-electron chi connectivity index (χ2n) is 3.15. The van der Waals surface area contributed by atoms with Gasteiger partial charge in [-0.05, 0) is 32.1 Å². The maximum atomic E-state index is 5.01. The van der Waals surface area contributed by atoms with E-state index >= 15 is 0 Å². The summed E-state index contributed by atoms with van der Waals surface area (Å²) in [5.74, 6) is 0. The molecule has 2 N–H and O–H groups in total. The van der Waals surface area contributed by atoms with Crippen molar-refractivity contribution < 1.29 is 0 Å². The van der Waals surface area contributed by atoms with Gasteiger partial charge in [-0.25, -0.2) is 0 Å². The zero-order valence-electron chi connectivity index (χ0n) is 9.25. The van der Waals surface area contributed by atoms with Gasteiger partial charge in [0.05, 0.1) is 5.71 Å². The van der Waals surface area contributed by atoms with Crippen molar-refractivity contribution >= 4 is 39.0 Å². The second kappa shape index (κ2) is 6.60. The molecule has 1 rings (SSSR count). The Balaban J connectivity index is 2.71. The number of rotatable bonds is 3. The molecule has 1 aromatic rings. The minimum absolute atomic E-state index is 0.536. The van der Waals surface area contributed by atoms with E-state index in [1.54, 1.807) is 0 Å². The Morgan fingerprint density at radius 3 is 2.75 bits per heavy atom. The van der Waals surface area contributed by atoms with Crippen LogP contribution >= 0.6 is 28.1 Å². The van der Waals surface area contributed by atoms with Crippen molar-refractivity contribution in [3.63, 3.8) is 0 Å². The molecule has 0 heterocycles. The van der Waals surface area contributed by atoms with Crippen LogP contribution in [0.4, 0.5) is 0 Å². The van der Waals surface area contributed by atoms with Crippen LogP contribution in [0, 0.1) is 0 Å². The third-order valence-electron chi connectivity index (χ3n) is 1.93. The topological polar surface area (TPSA) is 36.4 Å². The molecule has 0 aliphatic rings. The molecule has 0 unspecified atom stereocenters. The van der Waals surface area contributed by atoms with Crippen molar-refractivity contribution in [3.05, 3.63) is 34.3 Å². The molecule has 0 aliphatic carbocycles. The van der Waals surface area contributed by atoms with Crippen molar-refractivity contribution in [2.45, 2.75) is 13.8 Å². The van der Waals surface area contributed by atoms with E-state index in [4.69, 9.17) is 12.2 Å². The number of nitrogens with one attached hydrogen (secondary N) is 2. The third kappa shape index (κ3) is 3.90. The number of hydrogen-bond donors (Lipinski definition) is 2. The number of halogens is 1. The lowest BCUT2D eigenvalue weighted by Gasteiger charge is -2.06. The lowest BCUT2D eigenvalue weighted by atomic mass is 10.1. The molecule has 0 aliphatic heterocycles. The third-order valence-corrected chi connectivity index (χ3v) is 2.85. The summed E-state index contributed by atoms with van der Waals surface area (Å²) in [5.41, 5.74) is 4.73. The molecular formula is C11H14BrN3S. The highest BCUT2D eigenvalue weighted by molar-refractivity contribution is 9.10. The Morgan fingerprint density at radius 2 is 2.12 bits per heavy atom. The molecule has 0 atom stereocenters. The predicted octanol–water partition coefficient (Wildman–Crippen LogP) is 2.66. The predicted molar refractivity (Wildman–Crippen MR) is 75.8 cm³/mol. The molecule has 16 heavy (non-hydrogen) atoms. The summed E-state index contributed by atoms with van der Waals surface area (Å²) in [6, 6.07) is 7.93. The van der Waals surface area contributed by atoms with E-state index in [1.165, 1.54) is 0 Å². The fourth-order valence-corrected chi connectivity index (χ4v) is 1.91. The van der Waals surface area contributed by atoms with Crippen LogP contribution in [-0.2, 0) is 0 Å². The van der Waals surface area contributed by atoms with E-state index in [0.717, 1.165) is 22.3 Å². The monoisotopic (exact) mass is 299 g/mol. The molecule has 0 saturated heterocycles. The van der Waals surface area contributed by atoms with Crippen LogP contribution in [0.3, 0.4) is 0 Å². The molecule has 0 fully saturated rings. The van der Waals surface area contributed by atoms with Crippen LogP contribution in [0.25, 0.3) is 0 Å². The summed E-state index contributed by atoms with van der Waals surface area (Å²) in [7, 11) is 0. The van der Waals surface area contributed by atoms with Crippen molar-refractivity contribution in [3.8, 4) is 0 Å². The van der Waals surface area contributed by atoms with Gasteiger partial charge in [0.2, 0.25) is 0 Å². The van der Waals surface area contributed by atoms with Gasteiger partial charge in [0, 0.05) is 16.6 Å². The summed E-state index contributed by atoms with van der Waals surface area (Å²) in [4.78, 5) is 0. The van der Waals surface area contributed by atoms with Gasteiger partial charge in [0.15, 0.2) is 5.11 Å². The number of hydrazone groups is 1. The van der Waals surface area contributed by atoms with Crippen molar-refractivity contribution in [1.82, 2.24) is 10.7 Å². The minimum atomic E-state index is 0.536. The molecule has 3 nitrogen and oxygen atoms in total. The van der Waals surface area contributed by atoms with E-state index in [1.807, 2.05) is 38.1 Å². The Hall–Kier alpha value is -0.940. The quantitative estimate of drug-likeness (QED) is 0.512. The average molecular weight is 300 g/mol. The lowest BCUT2D eigenvalue weighted by molar-refractivity contribution is 0.900. The molecule has 0 spiro atoms. The highest BCUT2D eigenvalue weighted by Crippen LogP contribution is 2.16. The van der Waals surface area contributed by atoms with E-state index in [9.17, 15) is 0 Å². The van der Waals surface area contributed by atoms with E-state index in [-0.39, 0.29) is 0 Å². The second-order valence-corrected chi connectivity index (χ2v) is 4.41. The Morgan fingerprint density at radius 1 is 1.44 bits per heavy atom. The summed E-state index contributed by atoms with van der Waals surface area (Å²) in [6.07, 6.45) is 0. The molecular weight excluding hydrogens is 286 g/mol. The number of nitrogens with zero attached hydrogens (tertiary/aromatic N) is 1. The molecule has 0 radical (unpaired) electrons. The SMILES string of the molecule is CCNC(=S)N/N=C(\C)c1ccccc1Br. The van der Waals surface area contributed by atoms with Crippen LogP contribution in [-0.4, -0.2) is 17.4 Å². The number of thiocarbonyl (C=S) groups is 1. The highest BCUT2D eigenvalue weighted by atomic mass is 79.9. The van der Waals surface area contributed by atoms with Crippen LogP contribution in [0.15, 0.2) is 33.8 Å². The van der Waals surface area contributed by atoms with Gasteiger partial charge < -0.3 is 5.32 Å². The van der Waals surface area contributed by atoms with Gasteiger partial charge in [-0.1, -0.05) is 34.1 Å².